The molecule has 0 unspecified atom stereocenters. The number of rotatable bonds is 8. The predicted octanol–water partition coefficient (Wildman–Crippen LogP) is 5.35. The molecule has 1 saturated heterocycles. The van der Waals surface area contributed by atoms with Crippen molar-refractivity contribution in [1.29, 1.82) is 0 Å². The molecular weight excluding hydrogens is 386 g/mol. The number of ether oxygens (including phenoxy) is 1. The van der Waals surface area contributed by atoms with Crippen molar-refractivity contribution >= 4 is 23.0 Å². The third kappa shape index (κ3) is 6.26. The molecule has 162 valence electrons. The zero-order valence-electron chi connectivity index (χ0n) is 18.0. The maximum atomic E-state index is 6.25. The lowest BCUT2D eigenvalue weighted by Gasteiger charge is -2.35. The van der Waals surface area contributed by atoms with Gasteiger partial charge < -0.3 is 20.2 Å². The van der Waals surface area contributed by atoms with Gasteiger partial charge in [-0.05, 0) is 69.5 Å². The average Bonchev–Trinajstić information content (AvgIpc) is 2.74. The molecule has 0 amide bonds. The average molecular weight is 422 g/mol. The van der Waals surface area contributed by atoms with Crippen LogP contribution in [0.3, 0.4) is 0 Å². The molecule has 0 bridgehead atoms. The van der Waals surface area contributed by atoms with E-state index in [9.17, 15) is 0 Å². The Morgan fingerprint density at radius 2 is 1.83 bits per heavy atom. The Kier molecular flexibility index (Phi) is 8.49. The zero-order chi connectivity index (χ0) is 20.6. The molecule has 2 aliphatic rings. The zero-order valence-corrected chi connectivity index (χ0v) is 18.7. The first-order valence-electron chi connectivity index (χ1n) is 11.1. The summed E-state index contributed by atoms with van der Waals surface area (Å²) in [5, 5.41) is 4.79. The first-order chi connectivity index (χ1) is 14.1. The second-order valence-corrected chi connectivity index (χ2v) is 8.99. The molecule has 1 aromatic carbocycles. The van der Waals surface area contributed by atoms with Gasteiger partial charge in [-0.3, -0.25) is 0 Å². The van der Waals surface area contributed by atoms with E-state index in [1.165, 1.54) is 64.6 Å². The lowest BCUT2D eigenvalue weighted by Crippen LogP contribution is -2.37. The van der Waals surface area contributed by atoms with Crippen molar-refractivity contribution in [2.24, 2.45) is 17.0 Å². The normalized spacial score (nSPS) is 20.0. The molecule has 6 heteroatoms. The van der Waals surface area contributed by atoms with E-state index in [1.807, 2.05) is 6.07 Å². The Hall–Kier alpha value is -1.46. The molecule has 5 nitrogen and oxygen atoms in total. The van der Waals surface area contributed by atoms with E-state index in [2.05, 4.69) is 10.1 Å². The number of nitrogens with two attached hydrogens (primary N) is 1. The van der Waals surface area contributed by atoms with E-state index in [0.717, 1.165) is 36.0 Å². The van der Waals surface area contributed by atoms with Crippen LogP contribution in [-0.2, 0) is 4.84 Å². The predicted molar refractivity (Wildman–Crippen MR) is 121 cm³/mol. The van der Waals surface area contributed by atoms with Crippen LogP contribution >= 0.6 is 11.6 Å². The largest absolute Gasteiger partial charge is 0.496 e. The third-order valence-corrected chi connectivity index (χ3v) is 6.90. The highest BCUT2D eigenvalue weighted by Gasteiger charge is 2.24. The Balaban J connectivity index is 1.53. The third-order valence-electron chi connectivity index (χ3n) is 6.57. The van der Waals surface area contributed by atoms with Crippen molar-refractivity contribution in [1.82, 2.24) is 4.90 Å². The van der Waals surface area contributed by atoms with Crippen LogP contribution in [0, 0.1) is 11.8 Å². The van der Waals surface area contributed by atoms with Crippen LogP contribution in [0.15, 0.2) is 17.3 Å². The summed E-state index contributed by atoms with van der Waals surface area (Å²) in [6.45, 7) is 3.77. The summed E-state index contributed by atoms with van der Waals surface area (Å²) in [4.78, 5) is 7.81. The van der Waals surface area contributed by atoms with Crippen LogP contribution < -0.4 is 10.5 Å². The summed E-state index contributed by atoms with van der Waals surface area (Å²) < 4.78 is 5.50. The maximum Gasteiger partial charge on any atom is 0.130 e. The fourth-order valence-corrected chi connectivity index (χ4v) is 5.00. The molecule has 1 heterocycles. The highest BCUT2D eigenvalue weighted by molar-refractivity contribution is 6.33. The summed E-state index contributed by atoms with van der Waals surface area (Å²) in [6.07, 6.45) is 11.7. The van der Waals surface area contributed by atoms with Crippen LogP contribution in [0.1, 0.15) is 63.4 Å². The lowest BCUT2D eigenvalue weighted by atomic mass is 9.86. The van der Waals surface area contributed by atoms with Gasteiger partial charge in [0.2, 0.25) is 0 Å². The number of benzene rings is 1. The van der Waals surface area contributed by atoms with Gasteiger partial charge in [0.1, 0.15) is 12.9 Å². The van der Waals surface area contributed by atoms with E-state index < -0.39 is 0 Å². The fraction of sp³-hybridized carbons (Fsp3) is 0.696. The molecule has 0 atom stereocenters. The van der Waals surface area contributed by atoms with Gasteiger partial charge in [-0.1, -0.05) is 36.0 Å². The summed E-state index contributed by atoms with van der Waals surface area (Å²) in [6, 6.07) is 3.59. The summed E-state index contributed by atoms with van der Waals surface area (Å²) in [5.41, 5.74) is 8.17. The van der Waals surface area contributed by atoms with E-state index >= 15 is 0 Å². The standard InChI is InChI=1S/C23H36ClN3O2/c1-28-23-15-21(25)20(24)14-19(23)22(26-29-2)9-8-17-10-12-27(13-11-17)16-18-6-4-3-5-7-18/h14-15,17-18H,3-13,16,25H2,1-2H3/b26-22-. The second-order valence-electron chi connectivity index (χ2n) is 8.58. The Morgan fingerprint density at radius 1 is 1.10 bits per heavy atom. The van der Waals surface area contributed by atoms with Gasteiger partial charge in [0, 0.05) is 18.2 Å². The lowest BCUT2D eigenvalue weighted by molar-refractivity contribution is 0.143. The minimum atomic E-state index is 0.509. The molecule has 0 aromatic heterocycles. The van der Waals surface area contributed by atoms with Crippen LogP contribution in [0.25, 0.3) is 0 Å². The first kappa shape index (κ1) is 22.2. The minimum Gasteiger partial charge on any atom is -0.496 e. The van der Waals surface area contributed by atoms with Crippen molar-refractivity contribution in [2.75, 3.05) is 39.6 Å². The Labute approximate surface area is 180 Å². The molecule has 3 rings (SSSR count). The van der Waals surface area contributed by atoms with Gasteiger partial charge in [-0.15, -0.1) is 0 Å². The van der Waals surface area contributed by atoms with Crippen molar-refractivity contribution < 1.29 is 9.57 Å². The summed E-state index contributed by atoms with van der Waals surface area (Å²) in [7, 11) is 3.22. The number of anilines is 1. The Bertz CT molecular complexity index is 681. The first-order valence-corrected chi connectivity index (χ1v) is 11.4. The number of halogens is 1. The van der Waals surface area contributed by atoms with Gasteiger partial charge in [-0.25, -0.2) is 0 Å². The molecule has 1 aromatic rings. The molecule has 1 aliphatic heterocycles. The molecule has 2 fully saturated rings. The van der Waals surface area contributed by atoms with Gasteiger partial charge in [0.25, 0.3) is 0 Å². The molecule has 0 radical (unpaired) electrons. The van der Waals surface area contributed by atoms with E-state index in [-0.39, 0.29) is 0 Å². The van der Waals surface area contributed by atoms with Crippen LogP contribution in [0.4, 0.5) is 5.69 Å². The smallest absolute Gasteiger partial charge is 0.130 e. The molecule has 1 aliphatic carbocycles. The van der Waals surface area contributed by atoms with Crippen molar-refractivity contribution in [3.8, 4) is 5.75 Å². The summed E-state index contributed by atoms with van der Waals surface area (Å²) in [5.74, 6) is 2.35. The van der Waals surface area contributed by atoms with Crippen molar-refractivity contribution in [3.63, 3.8) is 0 Å². The number of likely N-dealkylation sites (tertiary alicyclic amines) is 1. The fourth-order valence-electron chi connectivity index (χ4n) is 4.84. The Morgan fingerprint density at radius 3 is 2.48 bits per heavy atom. The SMILES string of the molecule is CO/N=C(/CCC1CCN(CC2CCCCC2)CC1)c1cc(Cl)c(N)cc1OC. The number of nitrogens with zero attached hydrogens (tertiary/aromatic N) is 2. The van der Waals surface area contributed by atoms with E-state index in [0.29, 0.717) is 16.5 Å². The minimum absolute atomic E-state index is 0.509. The topological polar surface area (TPSA) is 60.1 Å². The number of hydrogen-bond acceptors (Lipinski definition) is 5. The van der Waals surface area contributed by atoms with Crippen LogP contribution in [0.5, 0.6) is 5.75 Å². The second kappa shape index (κ2) is 11.1. The van der Waals surface area contributed by atoms with Crippen LogP contribution in [0.2, 0.25) is 5.02 Å². The van der Waals surface area contributed by atoms with Gasteiger partial charge >= 0.3 is 0 Å². The number of nitrogen functional groups attached to an aromatic ring is 1. The quantitative estimate of drug-likeness (QED) is 0.349. The maximum absolute atomic E-state index is 6.25. The van der Waals surface area contributed by atoms with E-state index in [4.69, 9.17) is 26.9 Å². The van der Waals surface area contributed by atoms with E-state index in [1.54, 1.807) is 20.3 Å². The molecule has 0 spiro atoms. The highest BCUT2D eigenvalue weighted by Crippen LogP contribution is 2.32. The highest BCUT2D eigenvalue weighted by atomic mass is 35.5. The molecule has 29 heavy (non-hydrogen) atoms. The van der Waals surface area contributed by atoms with Crippen LogP contribution in [-0.4, -0.2) is 44.5 Å². The van der Waals surface area contributed by atoms with Gasteiger partial charge in [0.15, 0.2) is 0 Å². The van der Waals surface area contributed by atoms with Gasteiger partial charge in [0.05, 0.1) is 23.5 Å². The van der Waals surface area contributed by atoms with Crippen molar-refractivity contribution in [2.45, 2.75) is 57.8 Å². The van der Waals surface area contributed by atoms with Gasteiger partial charge in [-0.2, -0.15) is 0 Å². The molecule has 2 N–H and O–H groups in total. The number of methoxy groups -OCH3 is 1. The number of hydrogen-bond donors (Lipinski definition) is 1. The summed E-state index contributed by atoms with van der Waals surface area (Å²) >= 11 is 6.25. The number of oxime groups is 1. The van der Waals surface area contributed by atoms with Crippen molar-refractivity contribution in [3.05, 3.63) is 22.7 Å². The molecule has 1 saturated carbocycles. The monoisotopic (exact) mass is 421 g/mol. The molecular formula is C23H36ClN3O2. The number of piperidine rings is 1.